The molecule has 4 rings (SSSR count). The van der Waals surface area contributed by atoms with Crippen LogP contribution in [-0.4, -0.2) is 50.3 Å². The molecule has 0 fully saturated rings. The van der Waals surface area contributed by atoms with Crippen molar-refractivity contribution in [3.63, 3.8) is 0 Å². The average molecular weight is 443 g/mol. The van der Waals surface area contributed by atoms with Gasteiger partial charge < -0.3 is 9.84 Å². The lowest BCUT2D eigenvalue weighted by Gasteiger charge is -2.19. The van der Waals surface area contributed by atoms with Crippen LogP contribution in [0.3, 0.4) is 0 Å². The molecule has 1 N–H and O–H groups in total. The summed E-state index contributed by atoms with van der Waals surface area (Å²) in [5.74, 6) is -1.51. The summed E-state index contributed by atoms with van der Waals surface area (Å²) in [6.07, 6.45) is 1.65. The number of alkyl halides is 2. The first-order chi connectivity index (χ1) is 15.2. The summed E-state index contributed by atoms with van der Waals surface area (Å²) in [4.78, 5) is 34.8. The predicted molar refractivity (Wildman–Crippen MR) is 109 cm³/mol. The van der Waals surface area contributed by atoms with E-state index in [2.05, 4.69) is 15.1 Å². The number of aromatic carboxylic acids is 1. The van der Waals surface area contributed by atoms with Crippen molar-refractivity contribution in [1.29, 1.82) is 0 Å². The number of carboxylic acid groups (broad SMARTS) is 1. The molecule has 0 aromatic carbocycles. The van der Waals surface area contributed by atoms with Crippen molar-refractivity contribution in [2.24, 2.45) is 0 Å². The normalized spacial score (nSPS) is 15.4. The van der Waals surface area contributed by atoms with Crippen LogP contribution < -0.4 is 9.64 Å². The maximum Gasteiger partial charge on any atom is 0.341 e. The lowest BCUT2D eigenvalue weighted by atomic mass is 10.0. The van der Waals surface area contributed by atoms with Gasteiger partial charge in [-0.1, -0.05) is 0 Å². The van der Waals surface area contributed by atoms with Crippen LogP contribution in [0.4, 0.5) is 14.5 Å². The highest BCUT2D eigenvalue weighted by atomic mass is 19.3. The van der Waals surface area contributed by atoms with E-state index in [4.69, 9.17) is 4.74 Å². The molecule has 1 aliphatic heterocycles. The van der Waals surface area contributed by atoms with Crippen LogP contribution in [0.15, 0.2) is 30.7 Å². The van der Waals surface area contributed by atoms with Gasteiger partial charge in [0.1, 0.15) is 12.1 Å². The molecule has 0 saturated carbocycles. The summed E-state index contributed by atoms with van der Waals surface area (Å²) in [5, 5.41) is 13.3. The van der Waals surface area contributed by atoms with Gasteiger partial charge in [-0.3, -0.25) is 14.4 Å². The Kier molecular flexibility index (Phi) is 5.33. The number of nitrogens with zero attached hydrogens (tertiary/aromatic N) is 5. The molecule has 0 aliphatic carbocycles. The highest BCUT2D eigenvalue weighted by Gasteiger charge is 2.38. The molecule has 11 heteroatoms. The zero-order valence-corrected chi connectivity index (χ0v) is 17.4. The molecule has 0 spiro atoms. The lowest BCUT2D eigenvalue weighted by molar-refractivity contribution is 0.0692. The summed E-state index contributed by atoms with van der Waals surface area (Å²) in [5.41, 5.74) is 2.76. The van der Waals surface area contributed by atoms with Crippen molar-refractivity contribution in [2.75, 3.05) is 12.0 Å². The van der Waals surface area contributed by atoms with Crippen LogP contribution in [0.25, 0.3) is 11.3 Å². The SMILES string of the molecule is COc1ncc(-c2cc(C)c3c(n2)C(C)N(c2cnn(CC(F)F)c2)C3=O)cc1C(=O)O. The van der Waals surface area contributed by atoms with Gasteiger partial charge in [0, 0.05) is 18.0 Å². The number of hydrogen-bond donors (Lipinski definition) is 1. The Morgan fingerprint density at radius 2 is 2.06 bits per heavy atom. The van der Waals surface area contributed by atoms with E-state index in [1.807, 2.05) is 0 Å². The maximum absolute atomic E-state index is 13.1. The van der Waals surface area contributed by atoms with Gasteiger partial charge in [-0.15, -0.1) is 0 Å². The monoisotopic (exact) mass is 443 g/mol. The first kappa shape index (κ1) is 21.3. The van der Waals surface area contributed by atoms with E-state index in [0.29, 0.717) is 33.8 Å². The van der Waals surface area contributed by atoms with Crippen molar-refractivity contribution < 1.29 is 28.2 Å². The number of aromatic nitrogens is 4. The Bertz CT molecular complexity index is 1230. The number of amides is 1. The van der Waals surface area contributed by atoms with Crippen molar-refractivity contribution >= 4 is 17.6 Å². The molecule has 166 valence electrons. The fourth-order valence-electron chi connectivity index (χ4n) is 3.81. The second kappa shape index (κ2) is 7.98. The third kappa shape index (κ3) is 3.55. The summed E-state index contributed by atoms with van der Waals surface area (Å²) in [6.45, 7) is 2.97. The number of halogens is 2. The van der Waals surface area contributed by atoms with Crippen LogP contribution in [0.1, 0.15) is 44.9 Å². The van der Waals surface area contributed by atoms with Crippen LogP contribution in [-0.2, 0) is 6.54 Å². The minimum Gasteiger partial charge on any atom is -0.480 e. The van der Waals surface area contributed by atoms with Crippen LogP contribution in [0, 0.1) is 6.92 Å². The number of fused-ring (bicyclic) bond motifs is 1. The van der Waals surface area contributed by atoms with Gasteiger partial charge in [-0.2, -0.15) is 5.10 Å². The summed E-state index contributed by atoms with van der Waals surface area (Å²) in [6, 6.07) is 2.61. The predicted octanol–water partition coefficient (Wildman–Crippen LogP) is 3.34. The Hall–Kier alpha value is -3.89. The smallest absolute Gasteiger partial charge is 0.341 e. The van der Waals surface area contributed by atoms with Gasteiger partial charge >= 0.3 is 5.97 Å². The van der Waals surface area contributed by atoms with E-state index in [-0.39, 0.29) is 17.4 Å². The molecule has 0 bridgehead atoms. The summed E-state index contributed by atoms with van der Waals surface area (Å²) in [7, 11) is 1.33. The van der Waals surface area contributed by atoms with E-state index in [0.717, 1.165) is 4.68 Å². The fourth-order valence-corrected chi connectivity index (χ4v) is 3.81. The van der Waals surface area contributed by atoms with Crippen molar-refractivity contribution in [2.45, 2.75) is 32.9 Å². The maximum atomic E-state index is 13.1. The van der Waals surface area contributed by atoms with Gasteiger partial charge in [-0.05, 0) is 31.5 Å². The highest BCUT2D eigenvalue weighted by molar-refractivity contribution is 6.11. The molecule has 32 heavy (non-hydrogen) atoms. The van der Waals surface area contributed by atoms with Crippen LogP contribution in [0.2, 0.25) is 0 Å². The zero-order valence-electron chi connectivity index (χ0n) is 17.4. The van der Waals surface area contributed by atoms with Crippen LogP contribution in [0.5, 0.6) is 5.88 Å². The number of rotatable bonds is 6. The number of carbonyl (C=O) groups is 2. The van der Waals surface area contributed by atoms with E-state index < -0.39 is 25.0 Å². The second-order valence-electron chi connectivity index (χ2n) is 7.33. The molecule has 9 nitrogen and oxygen atoms in total. The molecule has 0 saturated heterocycles. The molecular weight excluding hydrogens is 424 g/mol. The Balaban J connectivity index is 1.74. The summed E-state index contributed by atoms with van der Waals surface area (Å²) < 4.78 is 31.4. The minimum absolute atomic E-state index is 0.0188. The van der Waals surface area contributed by atoms with E-state index in [1.165, 1.54) is 36.7 Å². The number of carbonyl (C=O) groups excluding carboxylic acids is 1. The van der Waals surface area contributed by atoms with Gasteiger partial charge in [0.05, 0.1) is 42.0 Å². The Labute approximate surface area is 181 Å². The molecular formula is C21H19F2N5O4. The molecule has 3 aromatic heterocycles. The van der Waals surface area contributed by atoms with Gasteiger partial charge in [0.15, 0.2) is 0 Å². The summed E-state index contributed by atoms with van der Waals surface area (Å²) >= 11 is 0. The van der Waals surface area contributed by atoms with Crippen molar-refractivity contribution in [1.82, 2.24) is 19.7 Å². The van der Waals surface area contributed by atoms with E-state index in [1.54, 1.807) is 19.9 Å². The van der Waals surface area contributed by atoms with Crippen molar-refractivity contribution in [3.8, 4) is 17.1 Å². The Morgan fingerprint density at radius 1 is 1.31 bits per heavy atom. The number of ether oxygens (including phenoxy) is 1. The quantitative estimate of drug-likeness (QED) is 0.622. The fraction of sp³-hybridized carbons (Fsp3) is 0.286. The topological polar surface area (TPSA) is 110 Å². The number of carboxylic acids is 1. The number of pyridine rings is 2. The average Bonchev–Trinajstić information content (AvgIpc) is 3.29. The molecule has 1 unspecified atom stereocenters. The van der Waals surface area contributed by atoms with Crippen molar-refractivity contribution in [3.05, 3.63) is 53.1 Å². The molecule has 0 radical (unpaired) electrons. The zero-order chi connectivity index (χ0) is 23.2. The largest absolute Gasteiger partial charge is 0.480 e. The van der Waals surface area contributed by atoms with E-state index >= 15 is 0 Å². The number of aryl methyl sites for hydroxylation is 1. The number of hydrogen-bond acceptors (Lipinski definition) is 6. The molecule has 1 aliphatic rings. The first-order valence-corrected chi connectivity index (χ1v) is 9.64. The number of anilines is 1. The molecule has 4 heterocycles. The second-order valence-corrected chi connectivity index (χ2v) is 7.33. The first-order valence-electron chi connectivity index (χ1n) is 9.64. The third-order valence-electron chi connectivity index (χ3n) is 5.25. The van der Waals surface area contributed by atoms with Crippen LogP contribution >= 0.6 is 0 Å². The minimum atomic E-state index is -2.56. The van der Waals surface area contributed by atoms with Gasteiger partial charge in [-0.25, -0.2) is 23.5 Å². The third-order valence-corrected chi connectivity index (χ3v) is 5.25. The highest BCUT2D eigenvalue weighted by Crippen LogP contribution is 2.39. The lowest BCUT2D eigenvalue weighted by Crippen LogP contribution is -2.26. The number of methoxy groups -OCH3 is 1. The standard InChI is InChI=1S/C21H19F2N5O4/c1-10-4-15(12-5-14(21(30)31)19(32-3)24-6-12)26-18-11(2)28(20(29)17(10)18)13-7-25-27(8-13)9-16(22)23/h4-8,11,16H,9H2,1-3H3,(H,30,31). The van der Waals surface area contributed by atoms with Gasteiger partial charge in [0.2, 0.25) is 5.88 Å². The molecule has 1 amide bonds. The molecule has 1 atom stereocenters. The Morgan fingerprint density at radius 3 is 2.72 bits per heavy atom. The van der Waals surface area contributed by atoms with E-state index in [9.17, 15) is 23.5 Å². The molecule has 3 aromatic rings. The van der Waals surface area contributed by atoms with Gasteiger partial charge in [0.25, 0.3) is 12.3 Å².